The van der Waals surface area contributed by atoms with Crippen LogP contribution in [-0.4, -0.2) is 58.0 Å². The maximum absolute atomic E-state index is 9.61. The summed E-state index contributed by atoms with van der Waals surface area (Å²) in [5.74, 6) is 0. The van der Waals surface area contributed by atoms with E-state index in [1.807, 2.05) is 0 Å². The molecule has 0 rings (SSSR count). The topological polar surface area (TPSA) is 129 Å². The summed E-state index contributed by atoms with van der Waals surface area (Å²) >= 11 is 0. The molecule has 0 saturated carbocycles. The van der Waals surface area contributed by atoms with Gasteiger partial charge >= 0.3 is 0 Å². The molecule has 0 atom stereocenters. The van der Waals surface area contributed by atoms with E-state index in [-0.39, 0.29) is 32.7 Å². The predicted octanol–water partition coefficient (Wildman–Crippen LogP) is 0.745. The van der Waals surface area contributed by atoms with Gasteiger partial charge in [-0.3, -0.25) is 15.8 Å². The van der Waals surface area contributed by atoms with Crippen molar-refractivity contribution in [1.29, 1.82) is 0 Å². The fourth-order valence-corrected chi connectivity index (χ4v) is 1.02. The van der Waals surface area contributed by atoms with Crippen LogP contribution in [0.5, 0.6) is 0 Å². The van der Waals surface area contributed by atoms with Gasteiger partial charge in [-0.15, -0.1) is 0 Å². The number of hydrogen-bond acceptors (Lipinski definition) is 8. The molecule has 0 aliphatic carbocycles. The summed E-state index contributed by atoms with van der Waals surface area (Å²) in [6.07, 6.45) is 2.14. The van der Waals surface area contributed by atoms with Crippen LogP contribution in [-0.2, 0) is 14.7 Å². The second-order valence-electron chi connectivity index (χ2n) is 3.74. The average molecular weight is 272 g/mol. The Kier molecular flexibility index (Phi) is 16.4. The number of rotatable bonds is 10. The summed E-state index contributed by atoms with van der Waals surface area (Å²) in [6, 6.07) is 0. The van der Waals surface area contributed by atoms with Crippen LogP contribution in [0.25, 0.3) is 0 Å². The lowest BCUT2D eigenvalue weighted by atomic mass is 9.98. The monoisotopic (exact) mass is 272 g/mol. The van der Waals surface area contributed by atoms with E-state index in [1.165, 1.54) is 0 Å². The minimum atomic E-state index is -1.39. The highest BCUT2D eigenvalue weighted by atomic mass is 17.1. The molecule has 18 heavy (non-hydrogen) atoms. The summed E-state index contributed by atoms with van der Waals surface area (Å²) in [4.78, 5) is 11.3. The minimum absolute atomic E-state index is 0.0490. The van der Waals surface area contributed by atoms with E-state index in [0.29, 0.717) is 6.61 Å². The molecular weight excluding hydrogens is 248 g/mol. The predicted molar refractivity (Wildman–Crippen MR) is 61.9 cm³/mol. The van der Waals surface area contributed by atoms with Gasteiger partial charge in [-0.1, -0.05) is 13.3 Å². The van der Waals surface area contributed by atoms with Gasteiger partial charge in [0.05, 0.1) is 18.8 Å². The third kappa shape index (κ3) is 13.7. The molecule has 112 valence electrons. The smallest absolute Gasteiger partial charge is 0.111 e. The van der Waals surface area contributed by atoms with Crippen molar-refractivity contribution in [1.82, 2.24) is 0 Å². The van der Waals surface area contributed by atoms with Crippen molar-refractivity contribution in [2.24, 2.45) is 0 Å². The Bertz CT molecular complexity index is 145. The summed E-state index contributed by atoms with van der Waals surface area (Å²) in [5.41, 5.74) is -1.39. The van der Waals surface area contributed by atoms with Crippen LogP contribution in [0.1, 0.15) is 32.6 Å². The number of aliphatic hydroxyl groups is 2. The molecule has 8 heteroatoms. The molecule has 0 unspecified atom stereocenters. The molecule has 5 N–H and O–H groups in total. The molecule has 0 amide bonds. The lowest BCUT2D eigenvalue weighted by Gasteiger charge is -2.24. The van der Waals surface area contributed by atoms with Crippen LogP contribution >= 0.6 is 0 Å². The fraction of sp³-hybridized carbons (Fsp3) is 1.00. The largest absolute Gasteiger partial charge is 0.396 e. The van der Waals surface area contributed by atoms with E-state index in [0.717, 1.165) is 12.8 Å². The second kappa shape index (κ2) is 14.7. The molecule has 0 aromatic carbocycles. The van der Waals surface area contributed by atoms with Crippen LogP contribution in [0.2, 0.25) is 0 Å². The first-order chi connectivity index (χ1) is 8.60. The van der Waals surface area contributed by atoms with Crippen molar-refractivity contribution in [2.75, 3.05) is 26.4 Å². The molecule has 0 spiro atoms. The molecule has 0 aromatic heterocycles. The lowest BCUT2D eigenvalue weighted by molar-refractivity contribution is -0.294. The maximum Gasteiger partial charge on any atom is 0.111 e. The molecular formula is C10H24O8. The van der Waals surface area contributed by atoms with E-state index in [9.17, 15) is 5.11 Å². The Balaban J connectivity index is 0. The summed E-state index contributed by atoms with van der Waals surface area (Å²) in [6.45, 7) is 1.84. The molecule has 0 radical (unpaired) electrons. The van der Waals surface area contributed by atoms with Gasteiger partial charge in [0, 0.05) is 19.4 Å². The second-order valence-corrected chi connectivity index (χ2v) is 3.74. The van der Waals surface area contributed by atoms with Crippen molar-refractivity contribution in [3.05, 3.63) is 0 Å². The van der Waals surface area contributed by atoms with Crippen LogP contribution in [0.15, 0.2) is 0 Å². The Hall–Kier alpha value is -0.320. The van der Waals surface area contributed by atoms with Gasteiger partial charge in [0.25, 0.3) is 0 Å². The van der Waals surface area contributed by atoms with Gasteiger partial charge in [0.1, 0.15) is 6.61 Å². The van der Waals surface area contributed by atoms with E-state index in [1.54, 1.807) is 0 Å². The van der Waals surface area contributed by atoms with Gasteiger partial charge in [0.2, 0.25) is 0 Å². The molecule has 0 aromatic rings. The molecule has 0 bridgehead atoms. The van der Waals surface area contributed by atoms with Crippen molar-refractivity contribution < 1.29 is 40.6 Å². The van der Waals surface area contributed by atoms with E-state index in [2.05, 4.69) is 21.6 Å². The summed E-state index contributed by atoms with van der Waals surface area (Å²) in [5, 5.41) is 41.9. The van der Waals surface area contributed by atoms with Crippen LogP contribution < -0.4 is 0 Å². The number of hydrogen-bond donors (Lipinski definition) is 5. The Morgan fingerprint density at radius 2 is 1.44 bits per heavy atom. The number of unbranched alkanes of at least 4 members (excludes halogenated alkanes) is 1. The summed E-state index contributed by atoms with van der Waals surface area (Å²) < 4.78 is 0. The summed E-state index contributed by atoms with van der Waals surface area (Å²) in [7, 11) is 0. The highest BCUT2D eigenvalue weighted by Gasteiger charge is 2.27. The van der Waals surface area contributed by atoms with Gasteiger partial charge in [0.15, 0.2) is 0 Å². The van der Waals surface area contributed by atoms with E-state index >= 15 is 0 Å². The highest BCUT2D eigenvalue weighted by molar-refractivity contribution is 4.77. The SMILES string of the molecule is CCCCO.OOCCC(O)(CCOO)COO. The molecule has 8 nitrogen and oxygen atoms in total. The maximum atomic E-state index is 9.61. The Morgan fingerprint density at radius 1 is 0.944 bits per heavy atom. The molecule has 0 fully saturated rings. The molecule has 0 heterocycles. The normalized spacial score (nSPS) is 11.0. The van der Waals surface area contributed by atoms with Crippen molar-refractivity contribution in [2.45, 2.75) is 38.2 Å². The van der Waals surface area contributed by atoms with Gasteiger partial charge in [-0.05, 0) is 6.42 Å². The Labute approximate surface area is 106 Å². The van der Waals surface area contributed by atoms with E-state index < -0.39 is 5.60 Å². The Morgan fingerprint density at radius 3 is 1.67 bits per heavy atom. The van der Waals surface area contributed by atoms with E-state index in [4.69, 9.17) is 20.9 Å². The zero-order valence-corrected chi connectivity index (χ0v) is 10.6. The van der Waals surface area contributed by atoms with Crippen molar-refractivity contribution in [3.8, 4) is 0 Å². The molecule has 0 saturated heterocycles. The van der Waals surface area contributed by atoms with Crippen LogP contribution in [0.3, 0.4) is 0 Å². The fourth-order valence-electron chi connectivity index (χ4n) is 1.02. The van der Waals surface area contributed by atoms with Gasteiger partial charge in [-0.25, -0.2) is 14.7 Å². The highest BCUT2D eigenvalue weighted by Crippen LogP contribution is 2.15. The third-order valence-corrected chi connectivity index (χ3v) is 2.16. The van der Waals surface area contributed by atoms with Crippen molar-refractivity contribution in [3.63, 3.8) is 0 Å². The zero-order chi connectivity index (χ0) is 14.3. The van der Waals surface area contributed by atoms with Crippen molar-refractivity contribution >= 4 is 0 Å². The molecule has 0 aliphatic heterocycles. The standard InChI is InChI=1S/C6H14O7.C4H10O/c7-6(5-13-10,1-3-11-8)2-4-12-9;1-2-3-4-5/h7-10H,1-5H2;5H,2-4H2,1H3. The van der Waals surface area contributed by atoms with Crippen LogP contribution in [0.4, 0.5) is 0 Å². The first-order valence-corrected chi connectivity index (χ1v) is 5.72. The number of aliphatic hydroxyl groups excluding tert-OH is 1. The zero-order valence-electron chi connectivity index (χ0n) is 10.6. The first kappa shape index (κ1) is 20.0. The van der Waals surface area contributed by atoms with Gasteiger partial charge < -0.3 is 10.2 Å². The minimum Gasteiger partial charge on any atom is -0.396 e. The first-order valence-electron chi connectivity index (χ1n) is 5.72. The lowest BCUT2D eigenvalue weighted by Crippen LogP contribution is -2.36. The quantitative estimate of drug-likeness (QED) is 0.291. The van der Waals surface area contributed by atoms with Gasteiger partial charge in [-0.2, -0.15) is 0 Å². The van der Waals surface area contributed by atoms with Crippen LogP contribution in [0, 0.1) is 0 Å². The molecule has 0 aliphatic rings. The third-order valence-electron chi connectivity index (χ3n) is 2.16. The average Bonchev–Trinajstić information content (AvgIpc) is 2.36.